The van der Waals surface area contributed by atoms with Crippen LogP contribution in [0.3, 0.4) is 0 Å². The van der Waals surface area contributed by atoms with E-state index in [1.165, 1.54) is 7.11 Å². The predicted molar refractivity (Wildman–Crippen MR) is 92.5 cm³/mol. The van der Waals surface area contributed by atoms with Gasteiger partial charge in [-0.3, -0.25) is 9.59 Å². The predicted octanol–water partition coefficient (Wildman–Crippen LogP) is 2.24. The Morgan fingerprint density at radius 3 is 2.46 bits per heavy atom. The first-order valence-electron chi connectivity index (χ1n) is 7.43. The van der Waals surface area contributed by atoms with Crippen molar-refractivity contribution in [1.82, 2.24) is 5.32 Å². The van der Waals surface area contributed by atoms with Crippen molar-refractivity contribution in [2.24, 2.45) is 5.73 Å². The summed E-state index contributed by atoms with van der Waals surface area (Å²) in [5, 5.41) is 3.21. The first-order valence-corrected chi connectivity index (χ1v) is 7.81. The molecule has 3 N–H and O–H groups in total. The van der Waals surface area contributed by atoms with Gasteiger partial charge in [0.2, 0.25) is 5.91 Å². The van der Waals surface area contributed by atoms with Gasteiger partial charge in [0.15, 0.2) is 6.10 Å². The van der Waals surface area contributed by atoms with Crippen molar-refractivity contribution in [2.75, 3.05) is 7.11 Å². The minimum atomic E-state index is -0.850. The molecule has 2 aromatic rings. The van der Waals surface area contributed by atoms with Crippen molar-refractivity contribution in [3.05, 3.63) is 70.7 Å². The molecule has 0 aliphatic heterocycles. The molecule has 126 valence electrons. The fraction of sp³-hybridized carbons (Fsp3) is 0.222. The molecule has 0 aliphatic rings. The number of nitrogens with two attached hydrogens (primary N) is 1. The number of halogens is 1. The first-order chi connectivity index (χ1) is 11.5. The van der Waals surface area contributed by atoms with Gasteiger partial charge < -0.3 is 15.8 Å². The number of carbonyl (C=O) groups excluding carboxylic acids is 2. The summed E-state index contributed by atoms with van der Waals surface area (Å²) in [7, 11) is 1.44. The van der Waals surface area contributed by atoms with E-state index in [1.54, 1.807) is 30.3 Å². The maximum absolute atomic E-state index is 12.5. The van der Waals surface area contributed by atoms with Crippen molar-refractivity contribution < 1.29 is 14.3 Å². The summed E-state index contributed by atoms with van der Waals surface area (Å²) in [6, 6.07) is 15.2. The summed E-state index contributed by atoms with van der Waals surface area (Å²) in [5.74, 6) is -1.04. The quantitative estimate of drug-likeness (QED) is 0.806. The van der Waals surface area contributed by atoms with Gasteiger partial charge in [0.25, 0.3) is 5.91 Å². The van der Waals surface area contributed by atoms with Gasteiger partial charge in [0.05, 0.1) is 0 Å². The van der Waals surface area contributed by atoms with Crippen molar-refractivity contribution in [3.8, 4) is 0 Å². The second-order valence-corrected chi connectivity index (χ2v) is 5.76. The van der Waals surface area contributed by atoms with E-state index in [1.807, 2.05) is 24.3 Å². The molecule has 0 aliphatic carbocycles. The largest absolute Gasteiger partial charge is 0.368 e. The van der Waals surface area contributed by atoms with E-state index in [2.05, 4.69) is 5.32 Å². The average Bonchev–Trinajstić information content (AvgIpc) is 2.56. The van der Waals surface area contributed by atoms with E-state index in [0.717, 1.165) is 5.56 Å². The van der Waals surface area contributed by atoms with E-state index in [0.29, 0.717) is 10.6 Å². The highest BCUT2D eigenvalue weighted by molar-refractivity contribution is 6.30. The maximum Gasteiger partial charge on any atom is 0.254 e. The van der Waals surface area contributed by atoms with Gasteiger partial charge in [0, 0.05) is 18.6 Å². The van der Waals surface area contributed by atoms with E-state index in [4.69, 9.17) is 22.1 Å². The summed E-state index contributed by atoms with van der Waals surface area (Å²) >= 11 is 5.94. The van der Waals surface area contributed by atoms with Crippen LogP contribution in [0.25, 0.3) is 0 Å². The molecule has 24 heavy (non-hydrogen) atoms. The maximum atomic E-state index is 12.5. The van der Waals surface area contributed by atoms with Crippen LogP contribution in [0, 0.1) is 0 Å². The van der Waals surface area contributed by atoms with E-state index < -0.39 is 24.0 Å². The topological polar surface area (TPSA) is 81.4 Å². The molecule has 0 spiro atoms. The fourth-order valence-electron chi connectivity index (χ4n) is 2.39. The summed E-state index contributed by atoms with van der Waals surface area (Å²) in [5.41, 5.74) is 6.93. The SMILES string of the molecule is CO[C@@H](C(=O)N[C@H](Cc1cccc(Cl)c1)C(N)=O)c1ccccc1. The summed E-state index contributed by atoms with van der Waals surface area (Å²) in [4.78, 5) is 24.2. The number of nitrogens with one attached hydrogen (secondary N) is 1. The Morgan fingerprint density at radius 1 is 1.17 bits per heavy atom. The Hall–Kier alpha value is -2.37. The minimum Gasteiger partial charge on any atom is -0.368 e. The lowest BCUT2D eigenvalue weighted by Gasteiger charge is -2.20. The van der Waals surface area contributed by atoms with Crippen molar-refractivity contribution >= 4 is 23.4 Å². The molecular formula is C18H19ClN2O3. The van der Waals surface area contributed by atoms with Crippen LogP contribution in [0.4, 0.5) is 0 Å². The molecule has 2 atom stereocenters. The van der Waals surface area contributed by atoms with Crippen molar-refractivity contribution in [2.45, 2.75) is 18.6 Å². The monoisotopic (exact) mass is 346 g/mol. The van der Waals surface area contributed by atoms with Crippen LogP contribution < -0.4 is 11.1 Å². The molecule has 0 aromatic heterocycles. The van der Waals surface area contributed by atoms with Gasteiger partial charge in [-0.1, -0.05) is 54.1 Å². The summed E-state index contributed by atoms with van der Waals surface area (Å²) < 4.78 is 5.26. The van der Waals surface area contributed by atoms with Crippen LogP contribution in [0.5, 0.6) is 0 Å². The Labute approximate surface area is 145 Å². The molecule has 6 heteroatoms. The lowest BCUT2D eigenvalue weighted by molar-refractivity contribution is -0.134. The third kappa shape index (κ3) is 4.81. The van der Waals surface area contributed by atoms with Gasteiger partial charge in [-0.2, -0.15) is 0 Å². The second kappa shape index (κ2) is 8.47. The molecule has 0 radical (unpaired) electrons. The third-order valence-corrected chi connectivity index (χ3v) is 3.80. The fourth-order valence-corrected chi connectivity index (χ4v) is 2.61. The Kier molecular flexibility index (Phi) is 6.35. The highest BCUT2D eigenvalue weighted by atomic mass is 35.5. The number of amides is 2. The highest BCUT2D eigenvalue weighted by Gasteiger charge is 2.25. The number of carbonyl (C=O) groups is 2. The number of ether oxygens (including phenoxy) is 1. The lowest BCUT2D eigenvalue weighted by Crippen LogP contribution is -2.47. The highest BCUT2D eigenvalue weighted by Crippen LogP contribution is 2.17. The van der Waals surface area contributed by atoms with Crippen LogP contribution >= 0.6 is 11.6 Å². The standard InChI is InChI=1S/C18H19ClN2O3/c1-24-16(13-7-3-2-4-8-13)18(23)21-15(17(20)22)11-12-6-5-9-14(19)10-12/h2-10,15-16H,11H2,1H3,(H2,20,22)(H,21,23)/t15-,16-/m1/s1. The molecule has 2 aromatic carbocycles. The van der Waals surface area contributed by atoms with E-state index >= 15 is 0 Å². The van der Waals surface area contributed by atoms with Crippen LogP contribution in [0.2, 0.25) is 5.02 Å². The molecule has 0 saturated heterocycles. The number of hydrogen-bond acceptors (Lipinski definition) is 3. The third-order valence-electron chi connectivity index (χ3n) is 3.56. The molecule has 0 fully saturated rings. The molecule has 5 nitrogen and oxygen atoms in total. The zero-order valence-electron chi connectivity index (χ0n) is 13.2. The van der Waals surface area contributed by atoms with Gasteiger partial charge in [-0.15, -0.1) is 0 Å². The zero-order chi connectivity index (χ0) is 17.5. The zero-order valence-corrected chi connectivity index (χ0v) is 14.0. The second-order valence-electron chi connectivity index (χ2n) is 5.32. The minimum absolute atomic E-state index is 0.257. The molecule has 0 unspecified atom stereocenters. The Bertz CT molecular complexity index is 706. The van der Waals surface area contributed by atoms with Crippen LogP contribution in [-0.4, -0.2) is 25.0 Å². The van der Waals surface area contributed by atoms with Gasteiger partial charge in [0.1, 0.15) is 6.04 Å². The Morgan fingerprint density at radius 2 is 1.88 bits per heavy atom. The normalized spacial score (nSPS) is 13.1. The van der Waals surface area contributed by atoms with E-state index in [9.17, 15) is 9.59 Å². The van der Waals surface area contributed by atoms with Crippen molar-refractivity contribution in [3.63, 3.8) is 0 Å². The average molecular weight is 347 g/mol. The van der Waals surface area contributed by atoms with Crippen LogP contribution in [0.15, 0.2) is 54.6 Å². The Balaban J connectivity index is 2.11. The smallest absolute Gasteiger partial charge is 0.254 e. The summed E-state index contributed by atoms with van der Waals surface area (Å²) in [6.45, 7) is 0. The van der Waals surface area contributed by atoms with Gasteiger partial charge in [-0.05, 0) is 23.3 Å². The number of methoxy groups -OCH3 is 1. The number of hydrogen-bond donors (Lipinski definition) is 2. The number of rotatable bonds is 7. The molecule has 0 saturated carbocycles. The number of benzene rings is 2. The lowest BCUT2D eigenvalue weighted by atomic mass is 10.0. The summed E-state index contributed by atoms with van der Waals surface area (Å²) in [6.07, 6.45) is -0.556. The first kappa shape index (κ1) is 18.0. The van der Waals surface area contributed by atoms with E-state index in [-0.39, 0.29) is 6.42 Å². The molecule has 2 rings (SSSR count). The molecule has 0 bridgehead atoms. The van der Waals surface area contributed by atoms with Crippen LogP contribution in [-0.2, 0) is 20.7 Å². The molecule has 0 heterocycles. The van der Waals surface area contributed by atoms with Gasteiger partial charge in [-0.25, -0.2) is 0 Å². The number of primary amides is 1. The van der Waals surface area contributed by atoms with Crippen LogP contribution in [0.1, 0.15) is 17.2 Å². The van der Waals surface area contributed by atoms with Crippen molar-refractivity contribution in [1.29, 1.82) is 0 Å². The molecular weight excluding hydrogens is 328 g/mol. The van der Waals surface area contributed by atoms with Gasteiger partial charge >= 0.3 is 0 Å². The molecule has 2 amide bonds.